The van der Waals surface area contributed by atoms with Gasteiger partial charge < -0.3 is 5.32 Å². The second kappa shape index (κ2) is 6.33. The number of amides is 2. The fraction of sp³-hybridized carbons (Fsp3) is 0.308. The van der Waals surface area contributed by atoms with Crippen LogP contribution >= 0.6 is 11.6 Å². The van der Waals surface area contributed by atoms with Crippen LogP contribution in [0.2, 0.25) is 5.02 Å². The van der Waals surface area contributed by atoms with Gasteiger partial charge in [-0.1, -0.05) is 23.7 Å². The Labute approximate surface area is 117 Å². The molecule has 1 aromatic carbocycles. The number of carbonyl (C=O) groups is 2. The average Bonchev–Trinajstić information content (AvgIpc) is 2.29. The SMILES string of the molecule is CC(C)(C)NC(=O)C(=O)N/N=C/c1ccc(Cl)cc1. The molecular weight excluding hydrogens is 266 g/mol. The second-order valence-electron chi connectivity index (χ2n) is 4.95. The zero-order chi connectivity index (χ0) is 14.5. The van der Waals surface area contributed by atoms with Crippen molar-refractivity contribution in [3.8, 4) is 0 Å². The minimum atomic E-state index is -0.805. The van der Waals surface area contributed by atoms with Crippen LogP contribution in [0.25, 0.3) is 0 Å². The van der Waals surface area contributed by atoms with Gasteiger partial charge in [0.05, 0.1) is 6.21 Å². The molecule has 0 spiro atoms. The van der Waals surface area contributed by atoms with Gasteiger partial charge in [0.25, 0.3) is 0 Å². The van der Waals surface area contributed by atoms with E-state index >= 15 is 0 Å². The maximum atomic E-state index is 11.4. The summed E-state index contributed by atoms with van der Waals surface area (Å²) in [7, 11) is 0. The van der Waals surface area contributed by atoms with Crippen molar-refractivity contribution in [2.75, 3.05) is 0 Å². The molecule has 6 heteroatoms. The fourth-order valence-electron chi connectivity index (χ4n) is 1.16. The van der Waals surface area contributed by atoms with Crippen LogP contribution in [0.1, 0.15) is 26.3 Å². The first-order valence-corrected chi connectivity index (χ1v) is 6.07. The summed E-state index contributed by atoms with van der Waals surface area (Å²) in [6, 6.07) is 6.90. The Morgan fingerprint density at radius 2 is 1.74 bits per heavy atom. The zero-order valence-corrected chi connectivity index (χ0v) is 11.8. The summed E-state index contributed by atoms with van der Waals surface area (Å²) in [6.45, 7) is 5.36. The molecule has 19 heavy (non-hydrogen) atoms. The third-order valence-corrected chi connectivity index (χ3v) is 2.20. The molecule has 0 aliphatic carbocycles. The molecule has 0 aromatic heterocycles. The first-order chi connectivity index (χ1) is 8.78. The fourth-order valence-corrected chi connectivity index (χ4v) is 1.29. The number of hydrogen-bond acceptors (Lipinski definition) is 3. The molecule has 2 N–H and O–H groups in total. The molecule has 0 atom stereocenters. The summed E-state index contributed by atoms with van der Waals surface area (Å²) in [5.74, 6) is -1.53. The van der Waals surface area contributed by atoms with E-state index in [0.29, 0.717) is 5.02 Å². The summed E-state index contributed by atoms with van der Waals surface area (Å²) in [5, 5.41) is 6.84. The Bertz CT molecular complexity index is 490. The lowest BCUT2D eigenvalue weighted by atomic mass is 10.1. The van der Waals surface area contributed by atoms with Gasteiger partial charge in [0.1, 0.15) is 0 Å². The van der Waals surface area contributed by atoms with Gasteiger partial charge in [-0.2, -0.15) is 5.10 Å². The Kier molecular flexibility index (Phi) is 5.06. The molecule has 5 nitrogen and oxygen atoms in total. The molecule has 0 saturated heterocycles. The van der Waals surface area contributed by atoms with Crippen molar-refractivity contribution in [3.05, 3.63) is 34.9 Å². The molecule has 0 aliphatic rings. The van der Waals surface area contributed by atoms with Crippen LogP contribution in [-0.4, -0.2) is 23.6 Å². The third kappa shape index (κ3) is 6.01. The molecule has 1 rings (SSSR count). The van der Waals surface area contributed by atoms with E-state index in [1.807, 2.05) is 0 Å². The van der Waals surface area contributed by atoms with Crippen molar-refractivity contribution >= 4 is 29.6 Å². The summed E-state index contributed by atoms with van der Waals surface area (Å²) in [5.41, 5.74) is 2.45. The predicted octanol–water partition coefficient (Wildman–Crippen LogP) is 1.70. The maximum absolute atomic E-state index is 11.4. The largest absolute Gasteiger partial charge is 0.343 e. The first-order valence-electron chi connectivity index (χ1n) is 5.69. The van der Waals surface area contributed by atoms with E-state index < -0.39 is 17.4 Å². The van der Waals surface area contributed by atoms with Crippen LogP contribution in [0.4, 0.5) is 0 Å². The monoisotopic (exact) mass is 281 g/mol. The summed E-state index contributed by atoms with van der Waals surface area (Å²) in [4.78, 5) is 22.8. The molecule has 0 unspecified atom stereocenters. The van der Waals surface area contributed by atoms with Gasteiger partial charge in [0.15, 0.2) is 0 Å². The number of nitrogens with one attached hydrogen (secondary N) is 2. The lowest BCUT2D eigenvalue weighted by Crippen LogP contribution is -2.47. The van der Waals surface area contributed by atoms with E-state index in [9.17, 15) is 9.59 Å². The van der Waals surface area contributed by atoms with Crippen LogP contribution < -0.4 is 10.7 Å². The van der Waals surface area contributed by atoms with Crippen molar-refractivity contribution in [1.82, 2.24) is 10.7 Å². The van der Waals surface area contributed by atoms with Gasteiger partial charge in [-0.3, -0.25) is 9.59 Å². The summed E-state index contributed by atoms with van der Waals surface area (Å²) >= 11 is 5.73. The van der Waals surface area contributed by atoms with Crippen molar-refractivity contribution in [3.63, 3.8) is 0 Å². The highest BCUT2D eigenvalue weighted by Gasteiger charge is 2.19. The van der Waals surface area contributed by atoms with E-state index in [0.717, 1.165) is 5.56 Å². The van der Waals surface area contributed by atoms with E-state index in [-0.39, 0.29) is 0 Å². The molecule has 2 amide bonds. The maximum Gasteiger partial charge on any atom is 0.329 e. The highest BCUT2D eigenvalue weighted by atomic mass is 35.5. The minimum Gasteiger partial charge on any atom is -0.343 e. The van der Waals surface area contributed by atoms with Gasteiger partial charge >= 0.3 is 11.8 Å². The normalized spacial score (nSPS) is 11.4. The number of carbonyl (C=O) groups excluding carboxylic acids is 2. The van der Waals surface area contributed by atoms with Crippen LogP contribution in [0.5, 0.6) is 0 Å². The molecule has 0 bridgehead atoms. The van der Waals surface area contributed by atoms with Gasteiger partial charge in [-0.05, 0) is 38.5 Å². The van der Waals surface area contributed by atoms with Crippen LogP contribution in [0.3, 0.4) is 0 Å². The summed E-state index contributed by atoms with van der Waals surface area (Å²) in [6.07, 6.45) is 1.43. The van der Waals surface area contributed by atoms with Crippen LogP contribution in [0, 0.1) is 0 Å². The second-order valence-corrected chi connectivity index (χ2v) is 5.39. The van der Waals surface area contributed by atoms with Gasteiger partial charge in [-0.25, -0.2) is 5.43 Å². The average molecular weight is 282 g/mol. The molecule has 0 fully saturated rings. The van der Waals surface area contributed by atoms with E-state index in [4.69, 9.17) is 11.6 Å². The predicted molar refractivity (Wildman–Crippen MR) is 75.1 cm³/mol. The number of hydrazone groups is 1. The Morgan fingerprint density at radius 3 is 2.26 bits per heavy atom. The lowest BCUT2D eigenvalue weighted by molar-refractivity contribution is -0.140. The Hall–Kier alpha value is -1.88. The van der Waals surface area contributed by atoms with Crippen molar-refractivity contribution in [1.29, 1.82) is 0 Å². The molecule has 1 aromatic rings. The standard InChI is InChI=1S/C13H16ClN3O2/c1-13(2,3)16-11(18)12(19)17-15-8-9-4-6-10(14)7-5-9/h4-8H,1-3H3,(H,16,18)(H,17,19)/b15-8+. The van der Waals surface area contributed by atoms with Gasteiger partial charge in [0.2, 0.25) is 0 Å². The summed E-state index contributed by atoms with van der Waals surface area (Å²) < 4.78 is 0. The number of benzene rings is 1. The smallest absolute Gasteiger partial charge is 0.329 e. The van der Waals surface area contributed by atoms with E-state index in [2.05, 4.69) is 15.8 Å². The molecular formula is C13H16ClN3O2. The van der Waals surface area contributed by atoms with Gasteiger partial charge in [-0.15, -0.1) is 0 Å². The number of nitrogens with zero attached hydrogens (tertiary/aromatic N) is 1. The number of halogens is 1. The highest BCUT2D eigenvalue weighted by molar-refractivity contribution is 6.35. The lowest BCUT2D eigenvalue weighted by Gasteiger charge is -2.19. The van der Waals surface area contributed by atoms with Gasteiger partial charge in [0, 0.05) is 10.6 Å². The minimum absolute atomic E-state index is 0.464. The quantitative estimate of drug-likeness (QED) is 0.492. The van der Waals surface area contributed by atoms with E-state index in [1.54, 1.807) is 45.0 Å². The highest BCUT2D eigenvalue weighted by Crippen LogP contribution is 2.07. The van der Waals surface area contributed by atoms with E-state index in [1.165, 1.54) is 6.21 Å². The van der Waals surface area contributed by atoms with Crippen molar-refractivity contribution in [2.45, 2.75) is 26.3 Å². The topological polar surface area (TPSA) is 70.6 Å². The molecule has 0 radical (unpaired) electrons. The number of hydrogen-bond donors (Lipinski definition) is 2. The first kappa shape index (κ1) is 15.2. The Balaban J connectivity index is 2.50. The Morgan fingerprint density at radius 1 is 1.16 bits per heavy atom. The molecule has 0 saturated carbocycles. The molecule has 102 valence electrons. The van der Waals surface area contributed by atoms with Crippen molar-refractivity contribution in [2.24, 2.45) is 5.10 Å². The van der Waals surface area contributed by atoms with Crippen molar-refractivity contribution < 1.29 is 9.59 Å². The van der Waals surface area contributed by atoms with Crippen LogP contribution in [0.15, 0.2) is 29.4 Å². The zero-order valence-electron chi connectivity index (χ0n) is 11.0. The third-order valence-electron chi connectivity index (χ3n) is 1.94. The molecule has 0 heterocycles. The van der Waals surface area contributed by atoms with Crippen LogP contribution in [-0.2, 0) is 9.59 Å². The number of rotatable bonds is 2. The molecule has 0 aliphatic heterocycles.